The van der Waals surface area contributed by atoms with E-state index in [4.69, 9.17) is 5.73 Å². The number of carbonyl (C=O) groups excluding carboxylic acids is 1. The lowest BCUT2D eigenvalue weighted by Crippen LogP contribution is -2.57. The molecule has 0 spiro atoms. The van der Waals surface area contributed by atoms with Crippen molar-refractivity contribution in [3.63, 3.8) is 0 Å². The van der Waals surface area contributed by atoms with Gasteiger partial charge in [0.15, 0.2) is 5.66 Å². The lowest BCUT2D eigenvalue weighted by Gasteiger charge is -2.30. The number of amides is 1. The molecule has 1 aromatic rings. The maximum Gasteiger partial charge on any atom is 0.260 e. The predicted octanol–water partition coefficient (Wildman–Crippen LogP) is -0.0770. The van der Waals surface area contributed by atoms with Crippen molar-refractivity contribution in [1.82, 2.24) is 20.3 Å². The van der Waals surface area contributed by atoms with Gasteiger partial charge in [0.05, 0.1) is 11.9 Å². The first kappa shape index (κ1) is 10.7. The van der Waals surface area contributed by atoms with E-state index < -0.39 is 5.66 Å². The van der Waals surface area contributed by atoms with E-state index in [9.17, 15) is 4.79 Å². The molecule has 1 aliphatic heterocycles. The quantitative estimate of drug-likeness (QED) is 0.767. The van der Waals surface area contributed by atoms with E-state index in [1.807, 2.05) is 13.1 Å². The van der Waals surface area contributed by atoms with Crippen LogP contribution in [0.5, 0.6) is 0 Å². The van der Waals surface area contributed by atoms with Gasteiger partial charge in [-0.05, 0) is 25.8 Å². The molecule has 0 radical (unpaired) electrons. The van der Waals surface area contributed by atoms with Crippen molar-refractivity contribution in [2.45, 2.75) is 37.8 Å². The summed E-state index contributed by atoms with van der Waals surface area (Å²) in [7, 11) is 0. The van der Waals surface area contributed by atoms with E-state index in [1.165, 1.54) is 12.8 Å². The van der Waals surface area contributed by atoms with Gasteiger partial charge in [0, 0.05) is 11.8 Å². The van der Waals surface area contributed by atoms with Crippen LogP contribution in [-0.4, -0.2) is 27.4 Å². The molecule has 1 aliphatic carbocycles. The molecule has 17 heavy (non-hydrogen) atoms. The molecule has 1 amide bonds. The summed E-state index contributed by atoms with van der Waals surface area (Å²) in [4.78, 5) is 11.8. The number of hydrogen-bond donors (Lipinski definition) is 2. The summed E-state index contributed by atoms with van der Waals surface area (Å²) in [5.74, 6) is 0.286. The molecule has 0 bridgehead atoms. The van der Waals surface area contributed by atoms with E-state index in [1.54, 1.807) is 4.68 Å². The zero-order chi connectivity index (χ0) is 12.0. The van der Waals surface area contributed by atoms with Crippen molar-refractivity contribution in [3.8, 4) is 0 Å². The van der Waals surface area contributed by atoms with E-state index >= 15 is 0 Å². The van der Waals surface area contributed by atoms with Crippen molar-refractivity contribution >= 4 is 5.91 Å². The third kappa shape index (κ3) is 1.47. The van der Waals surface area contributed by atoms with Crippen LogP contribution in [0.25, 0.3) is 0 Å². The number of hydrogen-bond acceptors (Lipinski definition) is 4. The summed E-state index contributed by atoms with van der Waals surface area (Å²) in [6.07, 6.45) is 5.13. The molecule has 6 heteroatoms. The monoisotopic (exact) mass is 235 g/mol. The van der Waals surface area contributed by atoms with Gasteiger partial charge in [0.25, 0.3) is 5.91 Å². The summed E-state index contributed by atoms with van der Waals surface area (Å²) in [5.41, 5.74) is 5.66. The standard InChI is InChI=1S/C11H17N5O/c1-7-4-5-13-11(7,10(12)17)16-6-9(14-15-16)8-2-3-8/h6-8,13H,2-5H2,1H3,(H2,12,17)/t7?,11-/m0/s1. The van der Waals surface area contributed by atoms with Crippen molar-refractivity contribution in [2.24, 2.45) is 11.7 Å². The number of primary amides is 1. The number of nitrogens with two attached hydrogens (primary N) is 1. The molecule has 2 atom stereocenters. The first-order valence-electron chi connectivity index (χ1n) is 6.12. The van der Waals surface area contributed by atoms with Crippen molar-refractivity contribution in [2.75, 3.05) is 6.54 Å². The van der Waals surface area contributed by atoms with Crippen LogP contribution in [0.1, 0.15) is 37.8 Å². The Hall–Kier alpha value is -1.43. The molecule has 92 valence electrons. The van der Waals surface area contributed by atoms with E-state index in [-0.39, 0.29) is 11.8 Å². The molecule has 0 aromatic carbocycles. The highest BCUT2D eigenvalue weighted by atomic mass is 16.2. The van der Waals surface area contributed by atoms with Crippen LogP contribution in [0.2, 0.25) is 0 Å². The minimum Gasteiger partial charge on any atom is -0.366 e. The van der Waals surface area contributed by atoms with Gasteiger partial charge >= 0.3 is 0 Å². The smallest absolute Gasteiger partial charge is 0.260 e. The fraction of sp³-hybridized carbons (Fsp3) is 0.727. The molecule has 2 aliphatic rings. The van der Waals surface area contributed by atoms with E-state index in [0.29, 0.717) is 5.92 Å². The summed E-state index contributed by atoms with van der Waals surface area (Å²) in [6.45, 7) is 2.80. The van der Waals surface area contributed by atoms with Gasteiger partial charge < -0.3 is 5.73 Å². The third-order valence-corrected chi connectivity index (χ3v) is 3.93. The topological polar surface area (TPSA) is 85.8 Å². The zero-order valence-electron chi connectivity index (χ0n) is 9.89. The van der Waals surface area contributed by atoms with Gasteiger partial charge in [-0.3, -0.25) is 10.1 Å². The molecular weight excluding hydrogens is 218 g/mol. The Labute approximate surface area is 99.6 Å². The van der Waals surface area contributed by atoms with Crippen molar-refractivity contribution in [3.05, 3.63) is 11.9 Å². The first-order valence-corrected chi connectivity index (χ1v) is 6.12. The molecule has 2 fully saturated rings. The van der Waals surface area contributed by atoms with Gasteiger partial charge in [-0.1, -0.05) is 12.1 Å². The summed E-state index contributed by atoms with van der Waals surface area (Å²) >= 11 is 0. The minimum atomic E-state index is -0.889. The van der Waals surface area contributed by atoms with Crippen molar-refractivity contribution < 1.29 is 4.79 Å². The molecule has 3 N–H and O–H groups in total. The molecular formula is C11H17N5O. The Balaban J connectivity index is 1.99. The maximum atomic E-state index is 11.8. The largest absolute Gasteiger partial charge is 0.366 e. The fourth-order valence-electron chi connectivity index (χ4n) is 2.63. The van der Waals surface area contributed by atoms with Crippen LogP contribution in [0.4, 0.5) is 0 Å². The minimum absolute atomic E-state index is 0.133. The van der Waals surface area contributed by atoms with Crippen LogP contribution in [0, 0.1) is 5.92 Å². The molecule has 1 saturated heterocycles. The second-order valence-electron chi connectivity index (χ2n) is 5.11. The number of aromatic nitrogens is 3. The lowest BCUT2D eigenvalue weighted by molar-refractivity contribution is -0.130. The van der Waals surface area contributed by atoms with Crippen LogP contribution in [-0.2, 0) is 10.5 Å². The Morgan fingerprint density at radius 3 is 2.88 bits per heavy atom. The molecule has 1 saturated carbocycles. The van der Waals surface area contributed by atoms with Gasteiger partial charge in [-0.15, -0.1) is 5.10 Å². The number of carbonyl (C=O) groups is 1. The molecule has 2 heterocycles. The van der Waals surface area contributed by atoms with Crippen LogP contribution in [0.3, 0.4) is 0 Å². The zero-order valence-corrected chi connectivity index (χ0v) is 9.89. The van der Waals surface area contributed by atoms with Gasteiger partial charge in [0.1, 0.15) is 0 Å². The number of nitrogens with zero attached hydrogens (tertiary/aromatic N) is 3. The second-order valence-corrected chi connectivity index (χ2v) is 5.11. The Morgan fingerprint density at radius 2 is 2.35 bits per heavy atom. The Morgan fingerprint density at radius 1 is 1.59 bits per heavy atom. The van der Waals surface area contributed by atoms with E-state index in [2.05, 4.69) is 15.6 Å². The summed E-state index contributed by atoms with van der Waals surface area (Å²) < 4.78 is 1.63. The average Bonchev–Trinajstić information content (AvgIpc) is 2.88. The highest BCUT2D eigenvalue weighted by Crippen LogP contribution is 2.39. The Bertz CT molecular complexity index is 452. The highest BCUT2D eigenvalue weighted by molar-refractivity contribution is 5.82. The van der Waals surface area contributed by atoms with Gasteiger partial charge in [-0.25, -0.2) is 4.68 Å². The van der Waals surface area contributed by atoms with E-state index in [0.717, 1.165) is 18.7 Å². The molecule has 1 aromatic heterocycles. The SMILES string of the molecule is CC1CCN[C@]1(C(N)=O)n1cc(C2CC2)nn1. The maximum absolute atomic E-state index is 11.8. The summed E-state index contributed by atoms with van der Waals surface area (Å²) in [6, 6.07) is 0. The molecule has 1 unspecified atom stereocenters. The number of nitrogens with one attached hydrogen (secondary N) is 1. The van der Waals surface area contributed by atoms with Crippen molar-refractivity contribution in [1.29, 1.82) is 0 Å². The number of rotatable bonds is 3. The fourth-order valence-corrected chi connectivity index (χ4v) is 2.63. The summed E-state index contributed by atoms with van der Waals surface area (Å²) in [5, 5.41) is 11.5. The lowest BCUT2D eigenvalue weighted by atomic mass is 9.95. The second kappa shape index (κ2) is 3.53. The van der Waals surface area contributed by atoms with Crippen LogP contribution >= 0.6 is 0 Å². The third-order valence-electron chi connectivity index (χ3n) is 3.93. The molecule has 3 rings (SSSR count). The highest BCUT2D eigenvalue weighted by Gasteiger charge is 2.48. The molecule has 6 nitrogen and oxygen atoms in total. The normalized spacial score (nSPS) is 32.9. The van der Waals surface area contributed by atoms with Crippen LogP contribution < -0.4 is 11.1 Å². The average molecular weight is 235 g/mol. The van der Waals surface area contributed by atoms with Gasteiger partial charge in [-0.2, -0.15) is 0 Å². The van der Waals surface area contributed by atoms with Gasteiger partial charge in [0.2, 0.25) is 0 Å². The Kier molecular flexibility index (Phi) is 2.22. The first-order chi connectivity index (χ1) is 8.14. The predicted molar refractivity (Wildman–Crippen MR) is 60.9 cm³/mol. The van der Waals surface area contributed by atoms with Crippen LogP contribution in [0.15, 0.2) is 6.20 Å².